The number of nitrogens with zero attached hydrogens (tertiary/aromatic N) is 3. The molecule has 1 aromatic heterocycles. The van der Waals surface area contributed by atoms with Gasteiger partial charge in [0.25, 0.3) is 0 Å². The number of carbonyl (C=O) groups excluding carboxylic acids is 1. The fourth-order valence-electron chi connectivity index (χ4n) is 6.41. The Balaban J connectivity index is 1.72. The number of hydrogen-bond acceptors (Lipinski definition) is 12. The van der Waals surface area contributed by atoms with E-state index in [0.717, 1.165) is 33.6 Å². The first-order valence-electron chi connectivity index (χ1n) is 17.4. The zero-order chi connectivity index (χ0) is 36.8. The van der Waals surface area contributed by atoms with Crippen molar-refractivity contribution in [3.05, 3.63) is 16.1 Å². The molecule has 3 rings (SSSR count). The van der Waals surface area contributed by atoms with Crippen LogP contribution in [0, 0.1) is 29.6 Å². The first-order valence-corrected chi connectivity index (χ1v) is 20.3. The van der Waals surface area contributed by atoms with Gasteiger partial charge in [-0.3, -0.25) is 19.6 Å². The van der Waals surface area contributed by atoms with E-state index in [0.29, 0.717) is 24.3 Å². The molecular weight excluding hydrogens is 685 g/mol. The molecule has 0 aliphatic carbocycles. The van der Waals surface area contributed by atoms with Gasteiger partial charge >= 0.3 is 5.97 Å². The van der Waals surface area contributed by atoms with E-state index in [1.54, 1.807) is 25.8 Å². The number of carboxylic acid groups (broad SMARTS) is 1. The molecule has 0 radical (unpaired) electrons. The molecule has 14 heteroatoms. The van der Waals surface area contributed by atoms with Crippen molar-refractivity contribution in [1.82, 2.24) is 10.3 Å². The first kappa shape index (κ1) is 41.9. The van der Waals surface area contributed by atoms with Gasteiger partial charge < -0.3 is 30.5 Å². The highest BCUT2D eigenvalue weighted by molar-refractivity contribution is 8.16. The lowest BCUT2D eigenvalue weighted by Gasteiger charge is -2.34. The number of aliphatic carboxylic acids is 1. The van der Waals surface area contributed by atoms with Crippen molar-refractivity contribution in [2.75, 3.05) is 18.6 Å². The number of aliphatic imine (C=N–C) groups is 2. The summed E-state index contributed by atoms with van der Waals surface area (Å²) in [5.74, 6) is -1.97. The summed E-state index contributed by atoms with van der Waals surface area (Å²) < 4.78 is 5.83. The molecule has 0 saturated heterocycles. The maximum absolute atomic E-state index is 13.6. The van der Waals surface area contributed by atoms with Gasteiger partial charge in [0.2, 0.25) is 5.91 Å². The summed E-state index contributed by atoms with van der Waals surface area (Å²) in [7, 11) is 1.64. The SMILES string of the molecule is CCCC(C)C(O)C(C)C(O)C(C)C(Cc1nc(C2=NC(C)(C3=NC(C)(C(=O)NC(C(C)CC)C(O)C(C)C(=O)O)CS3)CS2)cs1)OC. The van der Waals surface area contributed by atoms with Gasteiger partial charge in [-0.05, 0) is 39.0 Å². The van der Waals surface area contributed by atoms with Crippen LogP contribution >= 0.6 is 34.9 Å². The Morgan fingerprint density at radius 1 is 0.959 bits per heavy atom. The smallest absolute Gasteiger partial charge is 0.308 e. The van der Waals surface area contributed by atoms with Crippen molar-refractivity contribution in [2.24, 2.45) is 39.6 Å². The number of nitrogens with one attached hydrogen (secondary N) is 1. The van der Waals surface area contributed by atoms with Crippen LogP contribution in [0.2, 0.25) is 0 Å². The fourth-order valence-corrected chi connectivity index (χ4v) is 9.85. The van der Waals surface area contributed by atoms with E-state index in [-0.39, 0.29) is 35.7 Å². The highest BCUT2D eigenvalue weighted by Gasteiger charge is 2.47. The number of carboxylic acids is 1. The summed E-state index contributed by atoms with van der Waals surface area (Å²) in [6, 6.07) is -0.723. The summed E-state index contributed by atoms with van der Waals surface area (Å²) in [6.07, 6.45) is 0.232. The number of thiazole rings is 1. The maximum atomic E-state index is 13.6. The van der Waals surface area contributed by atoms with Crippen LogP contribution in [0.25, 0.3) is 0 Å². The summed E-state index contributed by atoms with van der Waals surface area (Å²) in [6.45, 7) is 17.0. The second kappa shape index (κ2) is 17.8. The van der Waals surface area contributed by atoms with Crippen LogP contribution in [0.15, 0.2) is 15.4 Å². The monoisotopic (exact) mass is 742 g/mol. The minimum Gasteiger partial charge on any atom is -0.481 e. The van der Waals surface area contributed by atoms with Crippen molar-refractivity contribution < 1.29 is 34.8 Å². The number of ether oxygens (including phenoxy) is 1. The van der Waals surface area contributed by atoms with E-state index in [2.05, 4.69) is 12.2 Å². The lowest BCUT2D eigenvalue weighted by atomic mass is 9.80. The Morgan fingerprint density at radius 2 is 1.63 bits per heavy atom. The van der Waals surface area contributed by atoms with Gasteiger partial charge in [0.1, 0.15) is 21.8 Å². The van der Waals surface area contributed by atoms with Crippen LogP contribution in [-0.2, 0) is 20.7 Å². The summed E-state index contributed by atoms with van der Waals surface area (Å²) in [5.41, 5.74) is -0.953. The Morgan fingerprint density at radius 3 is 2.22 bits per heavy atom. The number of thioether (sulfide) groups is 2. The number of carbonyl (C=O) groups is 2. The van der Waals surface area contributed by atoms with Crippen LogP contribution in [0.1, 0.15) is 92.3 Å². The molecule has 0 fully saturated rings. The Labute approximate surface area is 304 Å². The first-order chi connectivity index (χ1) is 22.9. The predicted molar refractivity (Wildman–Crippen MR) is 201 cm³/mol. The standard InChI is InChI=1S/C35H58N4O7S3/c1-11-13-19(4)27(40)21(6)28(41)20(5)24(46-10)14-25-36-23(15-47-25)30-38-35(9,17-48-30)33-39-34(8,16-49-33)32(45)37-26(18(3)12-2)29(42)22(7)31(43)44/h15,18-22,24,26-29,40-42H,11-14,16-17H2,1-10H3,(H,37,45)(H,43,44). The average molecular weight is 743 g/mol. The molecule has 0 saturated carbocycles. The zero-order valence-electron chi connectivity index (χ0n) is 30.7. The maximum Gasteiger partial charge on any atom is 0.308 e. The molecule has 12 unspecified atom stereocenters. The molecule has 2 aliphatic rings. The van der Waals surface area contributed by atoms with E-state index in [1.807, 2.05) is 46.9 Å². The van der Waals surface area contributed by atoms with Crippen molar-refractivity contribution >= 4 is 56.8 Å². The van der Waals surface area contributed by atoms with Crippen molar-refractivity contribution in [3.8, 4) is 0 Å². The van der Waals surface area contributed by atoms with Gasteiger partial charge in [-0.2, -0.15) is 0 Å². The lowest BCUT2D eigenvalue weighted by Crippen LogP contribution is -2.56. The third-order valence-electron chi connectivity index (χ3n) is 10.4. The third-order valence-corrected chi connectivity index (χ3v) is 14.1. The highest BCUT2D eigenvalue weighted by Crippen LogP contribution is 2.41. The molecule has 0 spiro atoms. The number of rotatable bonds is 19. The number of aromatic nitrogens is 1. The largest absolute Gasteiger partial charge is 0.481 e. The molecular formula is C35H58N4O7S3. The number of methoxy groups -OCH3 is 1. The van der Waals surface area contributed by atoms with Gasteiger partial charge in [-0.1, -0.05) is 54.4 Å². The van der Waals surface area contributed by atoms with Gasteiger partial charge in [-0.15, -0.1) is 34.9 Å². The molecule has 1 amide bonds. The van der Waals surface area contributed by atoms with E-state index in [9.17, 15) is 30.0 Å². The Hall–Kier alpha value is -1.55. The summed E-state index contributed by atoms with van der Waals surface area (Å²) in [5, 5.41) is 49.6. The third kappa shape index (κ3) is 9.87. The highest BCUT2D eigenvalue weighted by atomic mass is 32.2. The molecule has 12 atom stereocenters. The van der Waals surface area contributed by atoms with E-state index >= 15 is 0 Å². The molecule has 1 aromatic rings. The van der Waals surface area contributed by atoms with Gasteiger partial charge in [-0.25, -0.2) is 4.98 Å². The van der Waals surface area contributed by atoms with Crippen molar-refractivity contribution in [2.45, 2.75) is 130 Å². The average Bonchev–Trinajstić information content (AvgIpc) is 3.83. The molecule has 5 N–H and O–H groups in total. The molecule has 49 heavy (non-hydrogen) atoms. The number of aliphatic hydroxyl groups excluding tert-OH is 3. The van der Waals surface area contributed by atoms with Gasteiger partial charge in [0.15, 0.2) is 0 Å². The fraction of sp³-hybridized carbons (Fsp3) is 0.800. The van der Waals surface area contributed by atoms with Crippen LogP contribution in [0.4, 0.5) is 0 Å². The van der Waals surface area contributed by atoms with Crippen LogP contribution < -0.4 is 5.32 Å². The van der Waals surface area contributed by atoms with E-state index < -0.39 is 47.3 Å². The molecule has 3 heterocycles. The molecule has 2 aliphatic heterocycles. The van der Waals surface area contributed by atoms with Crippen molar-refractivity contribution in [3.63, 3.8) is 0 Å². The molecule has 0 bridgehead atoms. The molecule has 0 aromatic carbocycles. The summed E-state index contributed by atoms with van der Waals surface area (Å²) >= 11 is 4.62. The van der Waals surface area contributed by atoms with Crippen molar-refractivity contribution in [1.29, 1.82) is 0 Å². The van der Waals surface area contributed by atoms with Gasteiger partial charge in [0, 0.05) is 42.3 Å². The van der Waals surface area contributed by atoms with Crippen LogP contribution in [0.5, 0.6) is 0 Å². The van der Waals surface area contributed by atoms with Crippen LogP contribution in [0.3, 0.4) is 0 Å². The second-order valence-electron chi connectivity index (χ2n) is 14.5. The van der Waals surface area contributed by atoms with E-state index in [4.69, 9.17) is 19.7 Å². The topological polar surface area (TPSA) is 174 Å². The number of hydrogen-bond donors (Lipinski definition) is 5. The minimum atomic E-state index is -1.24. The van der Waals surface area contributed by atoms with Gasteiger partial charge in [0.05, 0.1) is 46.4 Å². The zero-order valence-corrected chi connectivity index (χ0v) is 33.1. The summed E-state index contributed by atoms with van der Waals surface area (Å²) in [4.78, 5) is 40.0. The van der Waals surface area contributed by atoms with E-state index in [1.165, 1.54) is 30.0 Å². The number of aliphatic hydroxyl groups is 3. The predicted octanol–water partition coefficient (Wildman–Crippen LogP) is 4.90. The quantitative estimate of drug-likeness (QED) is 0.131. The lowest BCUT2D eigenvalue weighted by molar-refractivity contribution is -0.147. The molecule has 11 nitrogen and oxygen atoms in total. The molecule has 278 valence electrons. The van der Waals surface area contributed by atoms with Crippen LogP contribution in [-0.4, -0.2) is 108 Å². The second-order valence-corrected chi connectivity index (χ2v) is 17.4. The Bertz CT molecular complexity index is 1340. The number of amides is 1. The Kier molecular flexibility index (Phi) is 15.2. The normalized spacial score (nSPS) is 27.2. The minimum absolute atomic E-state index is 0.106.